The zero-order chi connectivity index (χ0) is 11.4. The number of aromatic hydroxyl groups is 1. The van der Waals surface area contributed by atoms with Gasteiger partial charge in [0.05, 0.1) is 7.11 Å². The van der Waals surface area contributed by atoms with Gasteiger partial charge >= 0.3 is 5.97 Å². The van der Waals surface area contributed by atoms with Crippen molar-refractivity contribution in [3.8, 4) is 17.4 Å². The van der Waals surface area contributed by atoms with E-state index in [0.29, 0.717) is 10.6 Å². The average Bonchev–Trinajstić information content (AvgIpc) is 2.21. The van der Waals surface area contributed by atoms with E-state index in [1.807, 2.05) is 0 Å². The van der Waals surface area contributed by atoms with Gasteiger partial charge in [0.2, 0.25) is 0 Å². The van der Waals surface area contributed by atoms with Gasteiger partial charge in [-0.05, 0) is 23.1 Å². The van der Waals surface area contributed by atoms with E-state index in [9.17, 15) is 9.90 Å². The molecule has 0 radical (unpaired) electrons. The maximum absolute atomic E-state index is 11.2. The van der Waals surface area contributed by atoms with E-state index >= 15 is 0 Å². The molecule has 15 heavy (non-hydrogen) atoms. The molecule has 0 atom stereocenters. The molecular weight excluding hydrogens is 214 g/mol. The van der Waals surface area contributed by atoms with Gasteiger partial charge in [0.15, 0.2) is 0 Å². The standard InChI is InChI=1S/C10H9NO3S/c1-3-15-9-4-6(10(13)14-2)8(12)5-7(9)11/h1,4-5,12H,11H2,2H3. The van der Waals surface area contributed by atoms with Crippen molar-refractivity contribution in [3.63, 3.8) is 0 Å². The predicted molar refractivity (Wildman–Crippen MR) is 58.5 cm³/mol. The van der Waals surface area contributed by atoms with Crippen LogP contribution in [0.15, 0.2) is 17.0 Å². The summed E-state index contributed by atoms with van der Waals surface area (Å²) in [5.74, 6) is -0.855. The zero-order valence-electron chi connectivity index (χ0n) is 7.98. The predicted octanol–water partition coefficient (Wildman–Crippen LogP) is 1.44. The van der Waals surface area contributed by atoms with Crippen LogP contribution in [0.2, 0.25) is 0 Å². The summed E-state index contributed by atoms with van der Waals surface area (Å²) in [6.07, 6.45) is 5.10. The van der Waals surface area contributed by atoms with Crippen LogP contribution in [0.1, 0.15) is 10.4 Å². The van der Waals surface area contributed by atoms with Gasteiger partial charge in [-0.15, -0.1) is 6.42 Å². The van der Waals surface area contributed by atoms with E-state index in [1.54, 1.807) is 0 Å². The monoisotopic (exact) mass is 223 g/mol. The minimum absolute atomic E-state index is 0.0458. The molecule has 0 fully saturated rings. The van der Waals surface area contributed by atoms with Gasteiger partial charge in [-0.2, -0.15) is 0 Å². The highest BCUT2D eigenvalue weighted by molar-refractivity contribution is 8.04. The van der Waals surface area contributed by atoms with E-state index < -0.39 is 5.97 Å². The fourth-order valence-electron chi connectivity index (χ4n) is 1.01. The van der Waals surface area contributed by atoms with Crippen molar-refractivity contribution in [2.24, 2.45) is 0 Å². The van der Waals surface area contributed by atoms with Crippen LogP contribution in [0.3, 0.4) is 0 Å². The largest absolute Gasteiger partial charge is 0.507 e. The second-order valence-corrected chi connectivity index (χ2v) is 3.50. The SMILES string of the molecule is C#CSc1cc(C(=O)OC)c(O)cc1N. The van der Waals surface area contributed by atoms with E-state index in [-0.39, 0.29) is 11.3 Å². The van der Waals surface area contributed by atoms with Gasteiger partial charge in [0.25, 0.3) is 0 Å². The third-order valence-corrected chi connectivity index (χ3v) is 2.39. The van der Waals surface area contributed by atoms with Crippen molar-refractivity contribution in [2.75, 3.05) is 12.8 Å². The number of phenolic OH excluding ortho intramolecular Hbond substituents is 1. The maximum atomic E-state index is 11.2. The van der Waals surface area contributed by atoms with E-state index in [2.05, 4.69) is 9.99 Å². The molecule has 0 aliphatic carbocycles. The number of benzene rings is 1. The van der Waals surface area contributed by atoms with Crippen LogP contribution in [0.25, 0.3) is 0 Å². The molecule has 1 aromatic rings. The number of rotatable bonds is 2. The van der Waals surface area contributed by atoms with E-state index in [0.717, 1.165) is 11.8 Å². The highest BCUT2D eigenvalue weighted by Crippen LogP contribution is 2.31. The van der Waals surface area contributed by atoms with Crippen molar-refractivity contribution in [1.82, 2.24) is 0 Å². The Labute approximate surface area is 91.4 Å². The normalized spacial score (nSPS) is 9.33. The van der Waals surface area contributed by atoms with Crippen LogP contribution < -0.4 is 5.73 Å². The lowest BCUT2D eigenvalue weighted by molar-refractivity contribution is 0.0597. The van der Waals surface area contributed by atoms with Gasteiger partial charge in [0.1, 0.15) is 11.3 Å². The summed E-state index contributed by atoms with van der Waals surface area (Å²) in [6.45, 7) is 0. The van der Waals surface area contributed by atoms with E-state index in [4.69, 9.17) is 12.2 Å². The quantitative estimate of drug-likeness (QED) is 0.343. The number of anilines is 1. The molecule has 3 N–H and O–H groups in total. The van der Waals surface area contributed by atoms with Crippen LogP contribution in [-0.4, -0.2) is 18.2 Å². The summed E-state index contributed by atoms with van der Waals surface area (Å²) in [4.78, 5) is 11.8. The number of carbonyl (C=O) groups excluding carboxylic acids is 1. The second kappa shape index (κ2) is 4.62. The third kappa shape index (κ3) is 2.36. The van der Waals surface area contributed by atoms with Gasteiger partial charge in [-0.25, -0.2) is 4.79 Å². The van der Waals surface area contributed by atoms with Gasteiger partial charge in [-0.1, -0.05) is 0 Å². The molecule has 0 aliphatic rings. The number of esters is 1. The molecule has 78 valence electrons. The number of thioether (sulfide) groups is 1. The maximum Gasteiger partial charge on any atom is 0.341 e. The Morgan fingerprint density at radius 1 is 1.67 bits per heavy atom. The molecule has 0 bridgehead atoms. The molecule has 0 saturated carbocycles. The molecular formula is C10H9NO3S. The Kier molecular flexibility index (Phi) is 3.47. The number of ether oxygens (including phenoxy) is 1. The zero-order valence-corrected chi connectivity index (χ0v) is 8.80. The molecule has 0 saturated heterocycles. The summed E-state index contributed by atoms with van der Waals surface area (Å²) in [6, 6.07) is 2.67. The minimum atomic E-state index is -0.633. The molecule has 1 rings (SSSR count). The molecule has 0 amide bonds. The third-order valence-electron chi connectivity index (χ3n) is 1.70. The number of hydrogen-bond acceptors (Lipinski definition) is 5. The molecule has 0 aromatic heterocycles. The van der Waals surface area contributed by atoms with Crippen LogP contribution in [0.4, 0.5) is 5.69 Å². The molecule has 0 heterocycles. The van der Waals surface area contributed by atoms with Gasteiger partial charge in [0, 0.05) is 16.6 Å². The van der Waals surface area contributed by atoms with Crippen molar-refractivity contribution in [3.05, 3.63) is 17.7 Å². The number of nitrogen functional groups attached to an aromatic ring is 1. The first-order chi connectivity index (χ1) is 7.10. The fraction of sp³-hybridized carbons (Fsp3) is 0.100. The Hall–Kier alpha value is -1.80. The highest BCUT2D eigenvalue weighted by atomic mass is 32.2. The average molecular weight is 223 g/mol. The van der Waals surface area contributed by atoms with Crippen LogP contribution >= 0.6 is 11.8 Å². The number of hydrogen-bond donors (Lipinski definition) is 2. The number of carbonyl (C=O) groups is 1. The summed E-state index contributed by atoms with van der Waals surface area (Å²) in [7, 11) is 1.23. The smallest absolute Gasteiger partial charge is 0.341 e. The topological polar surface area (TPSA) is 72.5 Å². The minimum Gasteiger partial charge on any atom is -0.507 e. The van der Waals surface area contributed by atoms with Crippen LogP contribution in [0, 0.1) is 11.7 Å². The Morgan fingerprint density at radius 2 is 2.33 bits per heavy atom. The van der Waals surface area contributed by atoms with Crippen LogP contribution in [-0.2, 0) is 4.74 Å². The van der Waals surface area contributed by atoms with Crippen molar-refractivity contribution in [1.29, 1.82) is 0 Å². The van der Waals surface area contributed by atoms with Crippen LogP contribution in [0.5, 0.6) is 5.75 Å². The number of phenols is 1. The Balaban J connectivity index is 3.24. The van der Waals surface area contributed by atoms with Gasteiger partial charge in [-0.3, -0.25) is 0 Å². The number of nitrogens with two attached hydrogens (primary N) is 1. The Bertz CT molecular complexity index is 437. The molecule has 4 nitrogen and oxygen atoms in total. The fourth-order valence-corrected chi connectivity index (χ4v) is 1.49. The molecule has 0 spiro atoms. The first-order valence-electron chi connectivity index (χ1n) is 3.93. The van der Waals surface area contributed by atoms with Crippen molar-refractivity contribution in [2.45, 2.75) is 4.90 Å². The Morgan fingerprint density at radius 3 is 2.87 bits per heavy atom. The summed E-state index contributed by atoms with van der Waals surface area (Å²) < 4.78 is 4.49. The van der Waals surface area contributed by atoms with Gasteiger partial charge < -0.3 is 15.6 Å². The first-order valence-corrected chi connectivity index (χ1v) is 4.75. The lowest BCUT2D eigenvalue weighted by Crippen LogP contribution is -2.02. The molecule has 5 heteroatoms. The highest BCUT2D eigenvalue weighted by Gasteiger charge is 2.14. The summed E-state index contributed by atoms with van der Waals surface area (Å²) in [5, 5.41) is 11.8. The van der Waals surface area contributed by atoms with E-state index in [1.165, 1.54) is 19.2 Å². The summed E-state index contributed by atoms with van der Waals surface area (Å²) >= 11 is 1.04. The van der Waals surface area contributed by atoms with Crippen molar-refractivity contribution < 1.29 is 14.6 Å². The second-order valence-electron chi connectivity index (χ2n) is 2.62. The number of terminal acetylenes is 1. The summed E-state index contributed by atoms with van der Waals surface area (Å²) in [5.41, 5.74) is 5.96. The number of methoxy groups -OCH3 is 1. The molecule has 0 unspecified atom stereocenters. The molecule has 0 aliphatic heterocycles. The lowest BCUT2D eigenvalue weighted by atomic mass is 10.2. The first kappa shape index (κ1) is 11.3. The lowest BCUT2D eigenvalue weighted by Gasteiger charge is -2.06. The van der Waals surface area contributed by atoms with Crippen molar-refractivity contribution >= 4 is 23.4 Å². The molecule has 1 aromatic carbocycles.